The highest BCUT2D eigenvalue weighted by atomic mass is 35.5. The molecule has 1 unspecified atom stereocenters. The van der Waals surface area contributed by atoms with Crippen molar-refractivity contribution in [1.29, 1.82) is 0 Å². The van der Waals surface area contributed by atoms with Gasteiger partial charge in [-0.25, -0.2) is 0 Å². The monoisotopic (exact) mass is 417 g/mol. The highest BCUT2D eigenvalue weighted by Gasteiger charge is 2.18. The lowest BCUT2D eigenvalue weighted by atomic mass is 10.0. The predicted octanol–water partition coefficient (Wildman–Crippen LogP) is 4.27. The van der Waals surface area contributed by atoms with Crippen molar-refractivity contribution in [3.63, 3.8) is 0 Å². The van der Waals surface area contributed by atoms with Crippen molar-refractivity contribution in [2.24, 2.45) is 0 Å². The zero-order valence-electron chi connectivity index (χ0n) is 19.4. The summed E-state index contributed by atoms with van der Waals surface area (Å²) >= 11 is 0. The van der Waals surface area contributed by atoms with Crippen molar-refractivity contribution in [2.75, 3.05) is 33.3 Å². The van der Waals surface area contributed by atoms with Crippen molar-refractivity contribution < 1.29 is 22.0 Å². The first-order valence-corrected chi connectivity index (χ1v) is 12.2. The van der Waals surface area contributed by atoms with Gasteiger partial charge in [0.2, 0.25) is 0 Å². The fourth-order valence-corrected chi connectivity index (χ4v) is 4.07. The fourth-order valence-electron chi connectivity index (χ4n) is 4.07. The number of likely N-dealkylation sites (N-methyl/N-ethyl adjacent to an activating group) is 1. The highest BCUT2D eigenvalue weighted by Crippen LogP contribution is 2.14. The molecule has 170 valence electrons. The van der Waals surface area contributed by atoms with Crippen LogP contribution >= 0.6 is 0 Å². The molecule has 0 aliphatic rings. The van der Waals surface area contributed by atoms with E-state index in [-0.39, 0.29) is 19.0 Å². The number of quaternary nitrogens is 1. The van der Waals surface area contributed by atoms with E-state index in [4.69, 9.17) is 0 Å². The van der Waals surface area contributed by atoms with Gasteiger partial charge in [0, 0.05) is 0 Å². The van der Waals surface area contributed by atoms with E-state index < -0.39 is 0 Å². The molecule has 0 saturated heterocycles. The average molecular weight is 418 g/mol. The van der Waals surface area contributed by atoms with E-state index >= 15 is 0 Å². The molecule has 28 heavy (non-hydrogen) atoms. The van der Waals surface area contributed by atoms with Gasteiger partial charge in [0.25, 0.3) is 0 Å². The van der Waals surface area contributed by atoms with Crippen LogP contribution in [0.2, 0.25) is 0 Å². The van der Waals surface area contributed by atoms with Crippen LogP contribution in [-0.4, -0.2) is 42.9 Å². The van der Waals surface area contributed by atoms with Crippen LogP contribution in [0.1, 0.15) is 116 Å². The summed E-state index contributed by atoms with van der Waals surface area (Å²) in [4.78, 5) is 0. The van der Waals surface area contributed by atoms with Crippen LogP contribution in [0, 0.1) is 0 Å². The van der Waals surface area contributed by atoms with Crippen molar-refractivity contribution in [2.45, 2.75) is 116 Å². The normalized spacial score (nSPS) is 13.1. The first-order valence-electron chi connectivity index (χ1n) is 12.2. The molecule has 1 N–H and O–H groups in total. The number of hydrogen-bond donors (Lipinski definition) is 1. The second-order valence-electron chi connectivity index (χ2n) is 8.92. The molecule has 1 atom stereocenters. The molecule has 2 nitrogen and oxygen atoms in total. The molecule has 3 heteroatoms. The zero-order valence-corrected chi connectivity index (χ0v) is 20.2. The Labute approximate surface area is 184 Å². The number of hydrogen-bond acceptors (Lipinski definition) is 1. The third kappa shape index (κ3) is 20.7. The van der Waals surface area contributed by atoms with Gasteiger partial charge in [-0.2, -0.15) is 0 Å². The smallest absolute Gasteiger partial charge is 0.102 e. The lowest BCUT2D eigenvalue weighted by molar-refractivity contribution is -0.904. The van der Waals surface area contributed by atoms with Crippen LogP contribution in [-0.2, 0) is 0 Å². The van der Waals surface area contributed by atoms with Crippen molar-refractivity contribution >= 4 is 0 Å². The zero-order chi connectivity index (χ0) is 20.1. The van der Waals surface area contributed by atoms with Gasteiger partial charge in [-0.1, -0.05) is 110 Å². The number of nitrogens with zero attached hydrogens (tertiary/aromatic N) is 1. The quantitative estimate of drug-likeness (QED) is 0.158. The van der Waals surface area contributed by atoms with E-state index in [0.717, 1.165) is 17.6 Å². The SMILES string of the molecule is C=CC[N+](C)(CCO)CCCCCCCCCCCCCCCCCCC.[Cl-]. The van der Waals surface area contributed by atoms with Gasteiger partial charge in [-0.05, 0) is 18.9 Å². The fraction of sp³-hybridized carbons (Fsp3) is 0.920. The molecule has 0 radical (unpaired) electrons. The minimum atomic E-state index is 0. The Hall–Kier alpha value is -0.0500. The summed E-state index contributed by atoms with van der Waals surface area (Å²) in [6, 6.07) is 0. The van der Waals surface area contributed by atoms with Crippen molar-refractivity contribution in [3.05, 3.63) is 12.7 Å². The highest BCUT2D eigenvalue weighted by molar-refractivity contribution is 4.65. The Morgan fingerprint density at radius 1 is 0.643 bits per heavy atom. The molecule has 0 rings (SSSR count). The first-order chi connectivity index (χ1) is 13.2. The van der Waals surface area contributed by atoms with E-state index in [2.05, 4.69) is 20.6 Å². The van der Waals surface area contributed by atoms with Crippen molar-refractivity contribution in [3.8, 4) is 0 Å². The third-order valence-electron chi connectivity index (χ3n) is 6.01. The van der Waals surface area contributed by atoms with Gasteiger partial charge >= 0.3 is 0 Å². The topological polar surface area (TPSA) is 20.2 Å². The molecule has 0 aromatic rings. The minimum absolute atomic E-state index is 0. The molecule has 0 saturated carbocycles. The Morgan fingerprint density at radius 2 is 1.00 bits per heavy atom. The number of aliphatic hydroxyl groups is 1. The molecular weight excluding hydrogens is 366 g/mol. The van der Waals surface area contributed by atoms with E-state index in [1.165, 1.54) is 116 Å². The average Bonchev–Trinajstić information content (AvgIpc) is 2.64. The number of halogens is 1. The summed E-state index contributed by atoms with van der Waals surface area (Å²) in [5.41, 5.74) is 0. The number of rotatable bonds is 22. The Morgan fingerprint density at radius 3 is 1.32 bits per heavy atom. The van der Waals surface area contributed by atoms with Crippen LogP contribution in [0.25, 0.3) is 0 Å². The molecule has 0 bridgehead atoms. The number of aliphatic hydroxyl groups excluding tert-OH is 1. The van der Waals surface area contributed by atoms with Gasteiger partial charge in [0.05, 0.1) is 26.7 Å². The lowest BCUT2D eigenvalue weighted by Crippen LogP contribution is -3.00. The minimum Gasteiger partial charge on any atom is -1.00 e. The Kier molecular flexibility index (Phi) is 25.0. The van der Waals surface area contributed by atoms with Crippen LogP contribution in [0.4, 0.5) is 0 Å². The van der Waals surface area contributed by atoms with Crippen LogP contribution < -0.4 is 12.4 Å². The molecule has 0 spiro atoms. The molecule has 0 heterocycles. The standard InChI is InChI=1S/C25H52NO.ClH/c1-4-6-7-8-9-10-11-12-13-14-15-16-17-18-19-20-21-23-26(3,22-5-2)24-25-27;/h5,27H,2,4,6-25H2,1,3H3;1H/q+1;/p-1. The second kappa shape index (κ2) is 23.2. The molecule has 0 aromatic heterocycles. The van der Waals surface area contributed by atoms with Crippen LogP contribution in [0.5, 0.6) is 0 Å². The molecule has 0 amide bonds. The molecular formula is C25H52ClNO. The van der Waals surface area contributed by atoms with E-state index in [1.807, 2.05) is 6.08 Å². The molecule has 0 aliphatic carbocycles. The maximum Gasteiger partial charge on any atom is 0.102 e. The van der Waals surface area contributed by atoms with Gasteiger partial charge in [-0.3, -0.25) is 0 Å². The maximum atomic E-state index is 9.22. The first kappa shape index (κ1) is 30.1. The van der Waals surface area contributed by atoms with Crippen LogP contribution in [0.3, 0.4) is 0 Å². The predicted molar refractivity (Wildman–Crippen MR) is 122 cm³/mol. The molecule has 0 aromatic carbocycles. The Balaban J connectivity index is 0. The van der Waals surface area contributed by atoms with Gasteiger partial charge in [0.15, 0.2) is 0 Å². The lowest BCUT2D eigenvalue weighted by Gasteiger charge is -2.33. The molecule has 0 fully saturated rings. The summed E-state index contributed by atoms with van der Waals surface area (Å²) < 4.78 is 0.943. The van der Waals surface area contributed by atoms with E-state index in [0.29, 0.717) is 0 Å². The Bertz CT molecular complexity index is 311. The van der Waals surface area contributed by atoms with Crippen molar-refractivity contribution in [1.82, 2.24) is 0 Å². The summed E-state index contributed by atoms with van der Waals surface area (Å²) in [7, 11) is 2.24. The largest absolute Gasteiger partial charge is 1.00 e. The van der Waals surface area contributed by atoms with Gasteiger partial charge < -0.3 is 22.0 Å². The summed E-state index contributed by atoms with van der Waals surface area (Å²) in [5, 5.41) is 9.22. The summed E-state index contributed by atoms with van der Waals surface area (Å²) in [6.45, 7) is 9.43. The number of unbranched alkanes of at least 4 members (excludes halogenated alkanes) is 16. The van der Waals surface area contributed by atoms with Gasteiger partial charge in [0.1, 0.15) is 6.54 Å². The summed E-state index contributed by atoms with van der Waals surface area (Å²) in [5.74, 6) is 0. The maximum absolute atomic E-state index is 9.22. The second-order valence-corrected chi connectivity index (χ2v) is 8.92. The van der Waals surface area contributed by atoms with E-state index in [1.54, 1.807) is 0 Å². The molecule has 0 aliphatic heterocycles. The van der Waals surface area contributed by atoms with Crippen LogP contribution in [0.15, 0.2) is 12.7 Å². The van der Waals surface area contributed by atoms with E-state index in [9.17, 15) is 5.11 Å². The van der Waals surface area contributed by atoms with Gasteiger partial charge in [-0.15, -0.1) is 0 Å². The summed E-state index contributed by atoms with van der Waals surface area (Å²) in [6.07, 6.45) is 26.2. The third-order valence-corrected chi connectivity index (χ3v) is 6.01.